The molecule has 0 unspecified atom stereocenters. The molecule has 0 aliphatic heterocycles. The molecule has 2 nitrogen and oxygen atoms in total. The second-order valence-corrected chi connectivity index (χ2v) is 29.3. The third kappa shape index (κ3) is 8.05. The summed E-state index contributed by atoms with van der Waals surface area (Å²) >= 11 is 19.0. The van der Waals surface area contributed by atoms with Crippen LogP contribution in [0.15, 0.2) is 228 Å². The van der Waals surface area contributed by atoms with E-state index in [9.17, 15) is 0 Å². The van der Waals surface area contributed by atoms with Crippen LogP contribution in [0.4, 0.5) is 0 Å². The molecule has 61 heavy (non-hydrogen) atoms. The molecule has 0 aliphatic carbocycles. The van der Waals surface area contributed by atoms with Crippen molar-refractivity contribution in [1.29, 1.82) is 0 Å². The Hall–Kier alpha value is -4.85. The van der Waals surface area contributed by atoms with Gasteiger partial charge in [0.15, 0.2) is 0 Å². The van der Waals surface area contributed by atoms with Crippen LogP contribution >= 0.6 is 46.2 Å². The Morgan fingerprint density at radius 2 is 0.607 bits per heavy atom. The molecule has 0 amide bonds. The van der Waals surface area contributed by atoms with E-state index in [1.165, 1.54) is 0 Å². The first kappa shape index (κ1) is 42.8. The maximum atomic E-state index is 8.63. The SMILES string of the molecule is CCOc1ccc(Sc2ccc(OCC)c(CP(Cl)(c3ccccc3)(c3ccccc3)c3ccccc3)c2)cc1CP(Cl)(c1ccccc1)(c1ccccc1)c1ccccc1. The van der Waals surface area contributed by atoms with Gasteiger partial charge in [0.1, 0.15) is 0 Å². The van der Waals surface area contributed by atoms with E-state index in [1.807, 2.05) is 13.8 Å². The average Bonchev–Trinajstić information content (AvgIpc) is 3.32. The summed E-state index contributed by atoms with van der Waals surface area (Å²) in [6.45, 7) is 5.15. The fourth-order valence-electron chi connectivity index (χ4n) is 8.73. The van der Waals surface area contributed by atoms with Crippen molar-refractivity contribution in [1.82, 2.24) is 0 Å². The zero-order valence-corrected chi connectivity index (χ0v) is 38.6. The van der Waals surface area contributed by atoms with Crippen LogP contribution in [-0.4, -0.2) is 13.2 Å². The van der Waals surface area contributed by atoms with Crippen molar-refractivity contribution in [3.8, 4) is 11.5 Å². The summed E-state index contributed by atoms with van der Waals surface area (Å²) in [7, 11) is 0. The quantitative estimate of drug-likeness (QED) is 0.0901. The summed E-state index contributed by atoms with van der Waals surface area (Å²) < 4.78 is 12.8. The first-order chi connectivity index (χ1) is 29.8. The maximum absolute atomic E-state index is 8.63. The van der Waals surface area contributed by atoms with Gasteiger partial charge in [-0.15, -0.1) is 0 Å². The summed E-state index contributed by atoms with van der Waals surface area (Å²) in [6, 6.07) is 76.9. The number of halogens is 2. The van der Waals surface area contributed by atoms with Gasteiger partial charge in [0.2, 0.25) is 0 Å². The number of rotatable bonds is 16. The molecule has 308 valence electrons. The summed E-state index contributed by atoms with van der Waals surface area (Å²) in [6.07, 6.45) is 1.13. The third-order valence-electron chi connectivity index (χ3n) is 11.6. The molecule has 0 saturated carbocycles. The predicted molar refractivity (Wildman–Crippen MR) is 269 cm³/mol. The monoisotopic (exact) mass is 894 g/mol. The van der Waals surface area contributed by atoms with E-state index in [-0.39, 0.29) is 0 Å². The first-order valence-electron chi connectivity index (χ1n) is 20.8. The molecular formula is C54H50Cl2O2P2S. The Morgan fingerprint density at radius 1 is 0.361 bits per heavy atom. The van der Waals surface area contributed by atoms with Gasteiger partial charge < -0.3 is 0 Å². The van der Waals surface area contributed by atoms with Crippen LogP contribution in [0.2, 0.25) is 0 Å². The van der Waals surface area contributed by atoms with Crippen LogP contribution in [0.3, 0.4) is 0 Å². The Bertz CT molecular complexity index is 2300. The molecule has 8 aromatic rings. The van der Waals surface area contributed by atoms with Gasteiger partial charge in [-0.05, 0) is 0 Å². The van der Waals surface area contributed by atoms with Crippen LogP contribution in [-0.2, 0) is 12.3 Å². The minimum absolute atomic E-state index is 0.538. The first-order valence-corrected chi connectivity index (χ1v) is 28.2. The van der Waals surface area contributed by atoms with E-state index in [4.69, 9.17) is 32.0 Å². The van der Waals surface area contributed by atoms with Crippen molar-refractivity contribution in [3.05, 3.63) is 230 Å². The van der Waals surface area contributed by atoms with Gasteiger partial charge in [0.05, 0.1) is 0 Å². The zero-order chi connectivity index (χ0) is 42.2. The van der Waals surface area contributed by atoms with Crippen molar-refractivity contribution >= 4 is 78.0 Å². The molecule has 0 N–H and O–H groups in total. The van der Waals surface area contributed by atoms with E-state index < -0.39 is 11.9 Å². The van der Waals surface area contributed by atoms with E-state index in [0.29, 0.717) is 25.5 Å². The Morgan fingerprint density at radius 3 is 0.836 bits per heavy atom. The average molecular weight is 896 g/mol. The second-order valence-electron chi connectivity index (χ2n) is 15.2. The predicted octanol–water partition coefficient (Wildman–Crippen LogP) is 13.0. The van der Waals surface area contributed by atoms with Gasteiger partial charge in [0, 0.05) is 0 Å². The van der Waals surface area contributed by atoms with Crippen molar-refractivity contribution in [2.75, 3.05) is 13.2 Å². The van der Waals surface area contributed by atoms with E-state index >= 15 is 0 Å². The molecule has 0 spiro atoms. The fraction of sp³-hybridized carbons (Fsp3) is 0.111. The van der Waals surface area contributed by atoms with E-state index in [1.54, 1.807) is 11.8 Å². The van der Waals surface area contributed by atoms with Crippen molar-refractivity contribution in [2.45, 2.75) is 36.0 Å². The molecule has 0 radical (unpaired) electrons. The van der Waals surface area contributed by atoms with Crippen LogP contribution in [0, 0.1) is 0 Å². The van der Waals surface area contributed by atoms with Gasteiger partial charge in [-0.1, -0.05) is 0 Å². The fourth-order valence-corrected chi connectivity index (χ4v) is 21.9. The van der Waals surface area contributed by atoms with Gasteiger partial charge in [-0.25, -0.2) is 0 Å². The topological polar surface area (TPSA) is 18.5 Å². The molecule has 8 aromatic carbocycles. The summed E-state index contributed by atoms with van der Waals surface area (Å²) in [5, 5.41) is 6.68. The van der Waals surface area contributed by atoms with Gasteiger partial charge in [-0.3, -0.25) is 0 Å². The van der Waals surface area contributed by atoms with E-state index in [0.717, 1.165) is 64.2 Å². The molecule has 0 aliphatic rings. The van der Waals surface area contributed by atoms with Gasteiger partial charge in [-0.2, -0.15) is 0 Å². The molecular weight excluding hydrogens is 846 g/mol. The molecule has 0 fully saturated rings. The number of benzene rings is 8. The van der Waals surface area contributed by atoms with Crippen LogP contribution in [0.1, 0.15) is 25.0 Å². The number of ether oxygens (including phenoxy) is 2. The van der Waals surface area contributed by atoms with Crippen LogP contribution in [0.5, 0.6) is 11.5 Å². The second kappa shape index (κ2) is 18.2. The van der Waals surface area contributed by atoms with Crippen molar-refractivity contribution in [3.63, 3.8) is 0 Å². The third-order valence-corrected chi connectivity index (χ3v) is 26.9. The standard InChI is InChI=1S/C54H50Cl2O2P2S/c1-3-57-53-37-35-51(39-43(53)41-59(55,45-23-11-5-12-24-45,46-25-13-6-14-26-46)47-27-15-7-16-28-47)61-52-36-38-54(58-4-2)44(40-52)42-60(56,48-29-17-8-18-30-48,49-31-19-9-20-32-49)50-33-21-10-22-34-50/h5-40H,3-4,41-42H2,1-2H3. The summed E-state index contributed by atoms with van der Waals surface area (Å²) in [5.74, 6) is -5.67. The molecule has 0 aromatic heterocycles. The molecule has 0 atom stereocenters. The van der Waals surface area contributed by atoms with Crippen molar-refractivity contribution < 1.29 is 9.47 Å². The van der Waals surface area contributed by atoms with Crippen LogP contribution < -0.4 is 41.3 Å². The minimum atomic E-state index is -3.67. The van der Waals surface area contributed by atoms with Crippen molar-refractivity contribution in [2.24, 2.45) is 0 Å². The Kier molecular flexibility index (Phi) is 12.8. The molecule has 0 saturated heterocycles. The molecule has 0 bridgehead atoms. The summed E-state index contributed by atoms with van der Waals surface area (Å²) in [4.78, 5) is 2.17. The summed E-state index contributed by atoms with van der Waals surface area (Å²) in [5.41, 5.74) is 2.12. The van der Waals surface area contributed by atoms with E-state index in [2.05, 4.69) is 218 Å². The number of hydrogen-bond acceptors (Lipinski definition) is 3. The molecule has 7 heteroatoms. The Labute approximate surface area is 375 Å². The van der Waals surface area contributed by atoms with Gasteiger partial charge >= 0.3 is 378 Å². The Balaban J connectivity index is 1.27. The number of hydrogen-bond donors (Lipinski definition) is 0. The van der Waals surface area contributed by atoms with Crippen LogP contribution in [0.25, 0.3) is 0 Å². The molecule has 0 heterocycles. The molecule has 8 rings (SSSR count). The van der Waals surface area contributed by atoms with Gasteiger partial charge in [0.25, 0.3) is 0 Å². The normalized spacial score (nSPS) is 13.0. The zero-order valence-electron chi connectivity index (χ0n) is 34.5.